The van der Waals surface area contributed by atoms with E-state index in [-0.39, 0.29) is 17.8 Å². The molecule has 0 bridgehead atoms. The Morgan fingerprint density at radius 2 is 2.28 bits per heavy atom. The van der Waals surface area contributed by atoms with Gasteiger partial charge in [0.25, 0.3) is 0 Å². The molecule has 4 heteroatoms. The number of carbonyl (C=O) groups excluding carboxylic acids is 1. The molecule has 0 aromatic heterocycles. The number of hydrogen-bond acceptors (Lipinski definition) is 2. The maximum absolute atomic E-state index is 13.0. The van der Waals surface area contributed by atoms with E-state index in [0.717, 1.165) is 30.6 Å². The fraction of sp³-hybridized carbons (Fsp3) is 0.500. The summed E-state index contributed by atoms with van der Waals surface area (Å²) in [6, 6.07) is 5.22. The molecular weight excluding hydrogens is 231 g/mol. The van der Waals surface area contributed by atoms with Crippen LogP contribution in [0.5, 0.6) is 0 Å². The second kappa shape index (κ2) is 4.26. The summed E-state index contributed by atoms with van der Waals surface area (Å²) in [4.78, 5) is 13.8. The third-order valence-corrected chi connectivity index (χ3v) is 4.01. The normalized spacial score (nSPS) is 26.6. The van der Waals surface area contributed by atoms with E-state index in [1.807, 2.05) is 11.8 Å². The van der Waals surface area contributed by atoms with Gasteiger partial charge in [0, 0.05) is 18.7 Å². The van der Waals surface area contributed by atoms with E-state index < -0.39 is 0 Å². The lowest BCUT2D eigenvalue weighted by atomic mass is 10.1. The zero-order valence-electron chi connectivity index (χ0n) is 10.4. The number of nitrogens with zero attached hydrogens (tertiary/aromatic N) is 1. The molecule has 2 fully saturated rings. The van der Waals surface area contributed by atoms with Crippen LogP contribution in [0.4, 0.5) is 10.1 Å². The van der Waals surface area contributed by atoms with E-state index in [2.05, 4.69) is 5.32 Å². The first-order valence-electron chi connectivity index (χ1n) is 6.47. The molecule has 2 aliphatic heterocycles. The zero-order valence-corrected chi connectivity index (χ0v) is 10.4. The fourth-order valence-corrected chi connectivity index (χ4v) is 3.10. The van der Waals surface area contributed by atoms with E-state index in [1.165, 1.54) is 12.1 Å². The van der Waals surface area contributed by atoms with Crippen molar-refractivity contribution in [1.82, 2.24) is 4.90 Å². The van der Waals surface area contributed by atoms with E-state index in [9.17, 15) is 9.18 Å². The lowest BCUT2D eigenvalue weighted by molar-refractivity contribution is -0.127. The van der Waals surface area contributed by atoms with Crippen molar-refractivity contribution >= 4 is 11.6 Å². The van der Waals surface area contributed by atoms with Gasteiger partial charge in [-0.25, -0.2) is 4.39 Å². The molecule has 3 rings (SSSR count). The monoisotopic (exact) mass is 248 g/mol. The smallest absolute Gasteiger partial charge is 0.225 e. The lowest BCUT2D eigenvalue weighted by Gasteiger charge is -2.22. The predicted octanol–water partition coefficient (Wildman–Crippen LogP) is 2.31. The molecule has 2 atom stereocenters. The molecule has 2 unspecified atom stereocenters. The second-order valence-electron chi connectivity index (χ2n) is 5.21. The van der Waals surface area contributed by atoms with Gasteiger partial charge in [-0.15, -0.1) is 0 Å². The van der Waals surface area contributed by atoms with Gasteiger partial charge >= 0.3 is 0 Å². The Morgan fingerprint density at radius 3 is 3.06 bits per heavy atom. The number of nitrogens with one attached hydrogen (secondary N) is 1. The molecule has 0 radical (unpaired) electrons. The molecule has 1 N–H and O–H groups in total. The molecule has 96 valence electrons. The highest BCUT2D eigenvalue weighted by Crippen LogP contribution is 2.31. The Morgan fingerprint density at radius 1 is 1.44 bits per heavy atom. The average molecular weight is 248 g/mol. The van der Waals surface area contributed by atoms with Crippen molar-refractivity contribution in [3.05, 3.63) is 29.6 Å². The number of aryl methyl sites for hydroxylation is 1. The van der Waals surface area contributed by atoms with E-state index >= 15 is 0 Å². The number of fused-ring (bicyclic) bond motifs is 1. The second-order valence-corrected chi connectivity index (χ2v) is 5.21. The SMILES string of the molecule is Cc1cc(F)ccc1NC1CC(=O)N2CCCC12. The van der Waals surface area contributed by atoms with Gasteiger partial charge in [0.05, 0.1) is 12.1 Å². The minimum Gasteiger partial charge on any atom is -0.379 e. The van der Waals surface area contributed by atoms with Gasteiger partial charge in [-0.05, 0) is 43.5 Å². The Bertz CT molecular complexity index is 489. The Balaban J connectivity index is 1.78. The molecule has 1 aromatic rings. The largest absolute Gasteiger partial charge is 0.379 e. The summed E-state index contributed by atoms with van der Waals surface area (Å²) in [6.45, 7) is 2.78. The molecule has 18 heavy (non-hydrogen) atoms. The van der Waals surface area contributed by atoms with E-state index in [0.29, 0.717) is 12.5 Å². The van der Waals surface area contributed by atoms with Crippen LogP contribution in [0.25, 0.3) is 0 Å². The quantitative estimate of drug-likeness (QED) is 0.871. The van der Waals surface area contributed by atoms with E-state index in [1.54, 1.807) is 6.07 Å². The third kappa shape index (κ3) is 1.85. The van der Waals surface area contributed by atoms with Crippen LogP contribution in [-0.4, -0.2) is 29.4 Å². The van der Waals surface area contributed by atoms with Crippen LogP contribution in [0.15, 0.2) is 18.2 Å². The average Bonchev–Trinajstić information content (AvgIpc) is 2.89. The van der Waals surface area contributed by atoms with Gasteiger partial charge in [0.15, 0.2) is 0 Å². The maximum atomic E-state index is 13.0. The summed E-state index contributed by atoms with van der Waals surface area (Å²) in [5.41, 5.74) is 1.82. The molecule has 0 spiro atoms. The Kier molecular flexibility index (Phi) is 2.73. The number of anilines is 1. The number of hydrogen-bond donors (Lipinski definition) is 1. The van der Waals surface area contributed by atoms with Gasteiger partial charge in [-0.3, -0.25) is 4.79 Å². The van der Waals surface area contributed by atoms with Crippen LogP contribution < -0.4 is 5.32 Å². The van der Waals surface area contributed by atoms with Crippen LogP contribution in [0.3, 0.4) is 0 Å². The number of carbonyl (C=O) groups is 1. The maximum Gasteiger partial charge on any atom is 0.225 e. The molecule has 1 amide bonds. The predicted molar refractivity (Wildman–Crippen MR) is 67.9 cm³/mol. The van der Waals surface area contributed by atoms with Gasteiger partial charge in [-0.1, -0.05) is 0 Å². The molecule has 2 aliphatic rings. The van der Waals surface area contributed by atoms with E-state index in [4.69, 9.17) is 0 Å². The van der Waals surface area contributed by atoms with Crippen LogP contribution in [0.2, 0.25) is 0 Å². The van der Waals surface area contributed by atoms with Crippen molar-refractivity contribution in [1.29, 1.82) is 0 Å². The van der Waals surface area contributed by atoms with Crippen LogP contribution in [-0.2, 0) is 4.79 Å². The molecular formula is C14H17FN2O. The number of amides is 1. The Labute approximate surface area is 106 Å². The third-order valence-electron chi connectivity index (χ3n) is 4.01. The lowest BCUT2D eigenvalue weighted by Crippen LogP contribution is -2.34. The topological polar surface area (TPSA) is 32.3 Å². The number of halogens is 1. The highest BCUT2D eigenvalue weighted by molar-refractivity contribution is 5.81. The van der Waals surface area contributed by atoms with Gasteiger partial charge in [0.1, 0.15) is 5.82 Å². The summed E-state index contributed by atoms with van der Waals surface area (Å²) >= 11 is 0. The Hall–Kier alpha value is -1.58. The highest BCUT2D eigenvalue weighted by Gasteiger charge is 2.42. The first-order valence-corrected chi connectivity index (χ1v) is 6.47. The standard InChI is InChI=1S/C14H17FN2O/c1-9-7-10(15)4-5-11(9)16-12-8-14(18)17-6-2-3-13(12)17/h4-5,7,12-13,16H,2-3,6,8H2,1H3. The molecule has 0 saturated carbocycles. The van der Waals surface area contributed by atoms with Crippen LogP contribution >= 0.6 is 0 Å². The first-order chi connectivity index (χ1) is 8.65. The van der Waals surface area contributed by atoms with Crippen molar-refractivity contribution in [3.8, 4) is 0 Å². The molecule has 3 nitrogen and oxygen atoms in total. The van der Waals surface area contributed by atoms with Gasteiger partial charge < -0.3 is 10.2 Å². The van der Waals surface area contributed by atoms with Gasteiger partial charge in [-0.2, -0.15) is 0 Å². The van der Waals surface area contributed by atoms with Crippen molar-refractivity contribution in [2.75, 3.05) is 11.9 Å². The van der Waals surface area contributed by atoms with Crippen molar-refractivity contribution in [2.24, 2.45) is 0 Å². The van der Waals surface area contributed by atoms with Crippen LogP contribution in [0, 0.1) is 12.7 Å². The molecule has 2 heterocycles. The highest BCUT2D eigenvalue weighted by atomic mass is 19.1. The number of benzene rings is 1. The van der Waals surface area contributed by atoms with Gasteiger partial charge in [0.2, 0.25) is 5.91 Å². The molecule has 2 saturated heterocycles. The minimum absolute atomic E-state index is 0.171. The summed E-state index contributed by atoms with van der Waals surface area (Å²) in [5.74, 6) is 0.0257. The van der Waals surface area contributed by atoms with Crippen LogP contribution in [0.1, 0.15) is 24.8 Å². The summed E-state index contributed by atoms with van der Waals surface area (Å²) in [7, 11) is 0. The summed E-state index contributed by atoms with van der Waals surface area (Å²) in [6.07, 6.45) is 2.72. The number of rotatable bonds is 2. The molecule has 1 aromatic carbocycles. The summed E-state index contributed by atoms with van der Waals surface area (Å²) < 4.78 is 13.0. The molecule has 0 aliphatic carbocycles. The zero-order chi connectivity index (χ0) is 12.7. The van der Waals surface area contributed by atoms with Crippen molar-refractivity contribution < 1.29 is 9.18 Å². The summed E-state index contributed by atoms with van der Waals surface area (Å²) in [5, 5.41) is 3.41. The first kappa shape index (κ1) is 11.5. The van der Waals surface area contributed by atoms with Crippen molar-refractivity contribution in [2.45, 2.75) is 38.3 Å². The minimum atomic E-state index is -0.219. The fourth-order valence-electron chi connectivity index (χ4n) is 3.10. The van der Waals surface area contributed by atoms with Crippen molar-refractivity contribution in [3.63, 3.8) is 0 Å².